The normalized spacial score (nSPS) is 17.9. The van der Waals surface area contributed by atoms with Crippen LogP contribution in [0.5, 0.6) is 0 Å². The molecule has 0 saturated carbocycles. The number of imidazole rings is 1. The highest BCUT2D eigenvalue weighted by molar-refractivity contribution is 5.86. The van der Waals surface area contributed by atoms with Gasteiger partial charge in [-0.15, -0.1) is 0 Å². The van der Waals surface area contributed by atoms with Crippen LogP contribution >= 0.6 is 0 Å². The maximum absolute atomic E-state index is 6.00. The quantitative estimate of drug-likeness (QED) is 0.478. The highest BCUT2D eigenvalue weighted by Gasteiger charge is 2.34. The van der Waals surface area contributed by atoms with E-state index in [2.05, 4.69) is 40.5 Å². The molecule has 0 spiro atoms. The Morgan fingerprint density at radius 3 is 2.61 bits per heavy atom. The molecule has 1 aromatic carbocycles. The fourth-order valence-corrected chi connectivity index (χ4v) is 4.58. The van der Waals surface area contributed by atoms with Crippen molar-refractivity contribution in [3.63, 3.8) is 0 Å². The number of benzene rings is 1. The Labute approximate surface area is 192 Å². The molecule has 1 fully saturated rings. The van der Waals surface area contributed by atoms with Crippen molar-refractivity contribution in [2.75, 3.05) is 37.8 Å². The standard InChI is InChI=1S/C24H27N7O2/c1-24(2)23-26-19-21(29-8-11-32-12-9-29)27-20(28-22(19)31(23)10-13-33-24)18-14-25-30(16-18)15-17-6-4-3-5-7-17/h3-7,14,16H,8-13,15H2,1-2H3. The smallest absolute Gasteiger partial charge is 0.167 e. The predicted octanol–water partition coefficient (Wildman–Crippen LogP) is 2.84. The van der Waals surface area contributed by atoms with E-state index in [0.717, 1.165) is 48.0 Å². The topological polar surface area (TPSA) is 83.1 Å². The minimum atomic E-state index is -0.470. The first kappa shape index (κ1) is 20.3. The predicted molar refractivity (Wildman–Crippen MR) is 124 cm³/mol. The molecule has 9 heteroatoms. The average molecular weight is 446 g/mol. The molecule has 4 aromatic rings. The van der Waals surface area contributed by atoms with Crippen molar-refractivity contribution in [3.8, 4) is 11.4 Å². The van der Waals surface area contributed by atoms with Gasteiger partial charge in [0.15, 0.2) is 22.8 Å². The fraction of sp³-hybridized carbons (Fsp3) is 0.417. The van der Waals surface area contributed by atoms with E-state index in [1.807, 2.05) is 35.3 Å². The molecule has 0 unspecified atom stereocenters. The Bertz CT molecular complexity index is 1290. The summed E-state index contributed by atoms with van der Waals surface area (Å²) in [6.45, 7) is 9.08. The molecule has 5 heterocycles. The van der Waals surface area contributed by atoms with Crippen LogP contribution in [0.4, 0.5) is 5.82 Å². The molecule has 9 nitrogen and oxygen atoms in total. The lowest BCUT2D eigenvalue weighted by Gasteiger charge is -2.30. The number of aromatic nitrogens is 6. The van der Waals surface area contributed by atoms with E-state index in [1.54, 1.807) is 0 Å². The third kappa shape index (κ3) is 3.67. The average Bonchev–Trinajstić information content (AvgIpc) is 3.45. The van der Waals surface area contributed by atoms with Gasteiger partial charge in [-0.25, -0.2) is 15.0 Å². The number of hydrogen-bond donors (Lipinski definition) is 0. The van der Waals surface area contributed by atoms with Crippen molar-refractivity contribution in [1.82, 2.24) is 29.3 Å². The molecular weight excluding hydrogens is 418 g/mol. The van der Waals surface area contributed by atoms with Gasteiger partial charge in [0, 0.05) is 25.8 Å². The Kier molecular flexibility index (Phi) is 4.88. The summed E-state index contributed by atoms with van der Waals surface area (Å²) in [6, 6.07) is 10.3. The first-order chi connectivity index (χ1) is 16.1. The van der Waals surface area contributed by atoms with Crippen molar-refractivity contribution in [3.05, 3.63) is 54.1 Å². The molecule has 2 aliphatic heterocycles. The summed E-state index contributed by atoms with van der Waals surface area (Å²) < 4.78 is 15.7. The van der Waals surface area contributed by atoms with Crippen LogP contribution in [-0.4, -0.2) is 62.2 Å². The van der Waals surface area contributed by atoms with Crippen LogP contribution < -0.4 is 4.90 Å². The van der Waals surface area contributed by atoms with Gasteiger partial charge in [-0.2, -0.15) is 5.10 Å². The number of rotatable bonds is 4. The summed E-state index contributed by atoms with van der Waals surface area (Å²) in [5.41, 5.74) is 3.30. The van der Waals surface area contributed by atoms with E-state index >= 15 is 0 Å². The second-order valence-corrected chi connectivity index (χ2v) is 9.00. The lowest BCUT2D eigenvalue weighted by molar-refractivity contribution is -0.0530. The fourth-order valence-electron chi connectivity index (χ4n) is 4.58. The van der Waals surface area contributed by atoms with Crippen LogP contribution in [0.15, 0.2) is 42.7 Å². The van der Waals surface area contributed by atoms with Crippen LogP contribution in [0.3, 0.4) is 0 Å². The molecular formula is C24H27N7O2. The number of nitrogens with zero attached hydrogens (tertiary/aromatic N) is 7. The third-order valence-corrected chi connectivity index (χ3v) is 6.28. The Balaban J connectivity index is 1.46. The van der Waals surface area contributed by atoms with Crippen molar-refractivity contribution in [2.24, 2.45) is 0 Å². The minimum absolute atomic E-state index is 0.470. The SMILES string of the molecule is CC1(C)OCCn2c1nc1c(N3CCOCC3)nc(-c3cnn(Cc4ccccc4)c3)nc12. The monoisotopic (exact) mass is 445 g/mol. The van der Waals surface area contributed by atoms with Crippen LogP contribution in [0.1, 0.15) is 25.2 Å². The second-order valence-electron chi connectivity index (χ2n) is 9.00. The number of morpholine rings is 1. The Morgan fingerprint density at radius 1 is 0.970 bits per heavy atom. The molecule has 1 saturated heterocycles. The van der Waals surface area contributed by atoms with Gasteiger partial charge in [0.25, 0.3) is 0 Å². The molecule has 0 radical (unpaired) electrons. The van der Waals surface area contributed by atoms with Gasteiger partial charge in [-0.1, -0.05) is 30.3 Å². The molecule has 0 N–H and O–H groups in total. The van der Waals surface area contributed by atoms with Gasteiger partial charge >= 0.3 is 0 Å². The van der Waals surface area contributed by atoms with Crippen molar-refractivity contribution >= 4 is 17.0 Å². The van der Waals surface area contributed by atoms with Gasteiger partial charge < -0.3 is 18.9 Å². The first-order valence-corrected chi connectivity index (χ1v) is 11.4. The summed E-state index contributed by atoms with van der Waals surface area (Å²) in [6.07, 6.45) is 3.85. The van der Waals surface area contributed by atoms with Gasteiger partial charge in [-0.05, 0) is 19.4 Å². The summed E-state index contributed by atoms with van der Waals surface area (Å²) in [5.74, 6) is 2.41. The van der Waals surface area contributed by atoms with E-state index in [-0.39, 0.29) is 0 Å². The molecule has 0 atom stereocenters. The number of fused-ring (bicyclic) bond motifs is 3. The minimum Gasteiger partial charge on any atom is -0.378 e. The largest absolute Gasteiger partial charge is 0.378 e. The molecule has 0 aliphatic carbocycles. The van der Waals surface area contributed by atoms with Gasteiger partial charge in [0.2, 0.25) is 0 Å². The van der Waals surface area contributed by atoms with E-state index in [0.29, 0.717) is 32.2 Å². The molecule has 0 bridgehead atoms. The zero-order chi connectivity index (χ0) is 22.4. The summed E-state index contributed by atoms with van der Waals surface area (Å²) in [7, 11) is 0. The second kappa shape index (κ2) is 7.93. The lowest BCUT2D eigenvalue weighted by Crippen LogP contribution is -2.37. The molecule has 2 aliphatic rings. The van der Waals surface area contributed by atoms with Crippen molar-refractivity contribution in [2.45, 2.75) is 32.5 Å². The third-order valence-electron chi connectivity index (χ3n) is 6.28. The first-order valence-electron chi connectivity index (χ1n) is 11.4. The highest BCUT2D eigenvalue weighted by atomic mass is 16.5. The van der Waals surface area contributed by atoms with Crippen LogP contribution in [-0.2, 0) is 28.2 Å². The summed E-state index contributed by atoms with van der Waals surface area (Å²) >= 11 is 0. The maximum Gasteiger partial charge on any atom is 0.167 e. The maximum atomic E-state index is 6.00. The van der Waals surface area contributed by atoms with E-state index in [9.17, 15) is 0 Å². The van der Waals surface area contributed by atoms with Gasteiger partial charge in [0.1, 0.15) is 11.4 Å². The summed E-state index contributed by atoms with van der Waals surface area (Å²) in [5, 5.41) is 4.57. The van der Waals surface area contributed by atoms with E-state index < -0.39 is 5.60 Å². The van der Waals surface area contributed by atoms with Gasteiger partial charge in [0.05, 0.1) is 38.1 Å². The molecule has 0 amide bonds. The Hall–Kier alpha value is -3.30. The molecule has 3 aromatic heterocycles. The van der Waals surface area contributed by atoms with Crippen LogP contribution in [0.25, 0.3) is 22.6 Å². The van der Waals surface area contributed by atoms with E-state index in [4.69, 9.17) is 24.4 Å². The zero-order valence-electron chi connectivity index (χ0n) is 18.9. The number of anilines is 1. The summed E-state index contributed by atoms with van der Waals surface area (Å²) in [4.78, 5) is 17.2. The number of ether oxygens (including phenoxy) is 2. The van der Waals surface area contributed by atoms with Crippen molar-refractivity contribution < 1.29 is 9.47 Å². The van der Waals surface area contributed by atoms with Crippen molar-refractivity contribution in [1.29, 1.82) is 0 Å². The lowest BCUT2D eigenvalue weighted by atomic mass is 10.1. The van der Waals surface area contributed by atoms with Crippen LogP contribution in [0.2, 0.25) is 0 Å². The Morgan fingerprint density at radius 2 is 1.79 bits per heavy atom. The number of hydrogen-bond acceptors (Lipinski definition) is 7. The van der Waals surface area contributed by atoms with Gasteiger partial charge in [-0.3, -0.25) is 4.68 Å². The van der Waals surface area contributed by atoms with E-state index in [1.165, 1.54) is 5.56 Å². The molecule has 170 valence electrons. The zero-order valence-corrected chi connectivity index (χ0v) is 18.9. The van der Waals surface area contributed by atoms with Crippen LogP contribution in [0, 0.1) is 0 Å². The highest BCUT2D eigenvalue weighted by Crippen LogP contribution is 2.35. The molecule has 33 heavy (non-hydrogen) atoms. The molecule has 6 rings (SSSR count).